The van der Waals surface area contributed by atoms with E-state index >= 15 is 0 Å². The molecule has 36 heavy (non-hydrogen) atoms. The molecule has 1 aromatic heterocycles. The Labute approximate surface area is 207 Å². The van der Waals surface area contributed by atoms with Gasteiger partial charge >= 0.3 is 0 Å². The lowest BCUT2D eigenvalue weighted by molar-refractivity contribution is 0.0690. The molecule has 2 fully saturated rings. The largest absolute Gasteiger partial charge is 0.371 e. The predicted molar refractivity (Wildman–Crippen MR) is 132 cm³/mol. The Kier molecular flexibility index (Phi) is 5.88. The van der Waals surface area contributed by atoms with E-state index in [4.69, 9.17) is 9.47 Å². The van der Waals surface area contributed by atoms with Gasteiger partial charge < -0.3 is 14.8 Å². The molecule has 4 aromatic rings. The van der Waals surface area contributed by atoms with Crippen LogP contribution >= 0.6 is 0 Å². The summed E-state index contributed by atoms with van der Waals surface area (Å²) in [6.07, 6.45) is 0.763. The second-order valence-electron chi connectivity index (χ2n) is 8.86. The minimum atomic E-state index is -3.78. The number of ether oxygens (including phenoxy) is 2. The number of rotatable bonds is 6. The third kappa shape index (κ3) is 4.44. The van der Waals surface area contributed by atoms with Gasteiger partial charge in [0.25, 0.3) is 0 Å². The monoisotopic (exact) mass is 506 g/mol. The van der Waals surface area contributed by atoms with Crippen LogP contribution in [0.2, 0.25) is 0 Å². The summed E-state index contributed by atoms with van der Waals surface area (Å²) in [6, 6.07) is 19.7. The molecule has 3 aromatic carbocycles. The van der Waals surface area contributed by atoms with Crippen molar-refractivity contribution in [2.24, 2.45) is 0 Å². The van der Waals surface area contributed by atoms with Gasteiger partial charge in [-0.1, -0.05) is 42.5 Å². The molecule has 0 unspecified atom stereocenters. The van der Waals surface area contributed by atoms with Crippen LogP contribution < -0.4 is 10.0 Å². The SMILES string of the molecule is O=S(=O)(N[C@@H]1CO[C@@H]2[C@@H]1OC[C@@H]2Nc1nccc(-c2cccc(F)c2)n1)c1ccc2ccccc2c1. The number of aromatic nitrogens is 2. The first-order valence-electron chi connectivity index (χ1n) is 11.6. The Hall–Kier alpha value is -3.44. The molecule has 10 heteroatoms. The summed E-state index contributed by atoms with van der Waals surface area (Å²) < 4.78 is 54.5. The molecule has 2 saturated heterocycles. The number of sulfonamides is 1. The van der Waals surface area contributed by atoms with Crippen LogP contribution in [0.15, 0.2) is 83.9 Å². The smallest absolute Gasteiger partial charge is 0.241 e. The summed E-state index contributed by atoms with van der Waals surface area (Å²) in [4.78, 5) is 8.96. The average molecular weight is 507 g/mol. The van der Waals surface area contributed by atoms with Crippen molar-refractivity contribution >= 4 is 26.7 Å². The minimum Gasteiger partial charge on any atom is -0.371 e. The number of nitrogens with zero attached hydrogens (tertiary/aromatic N) is 2. The van der Waals surface area contributed by atoms with Crippen LogP contribution in [0.3, 0.4) is 0 Å². The first-order valence-corrected chi connectivity index (χ1v) is 13.0. The zero-order chi connectivity index (χ0) is 24.7. The van der Waals surface area contributed by atoms with E-state index in [1.807, 2.05) is 24.3 Å². The topological polar surface area (TPSA) is 102 Å². The lowest BCUT2D eigenvalue weighted by Gasteiger charge is -2.18. The molecule has 2 aliphatic rings. The van der Waals surface area contributed by atoms with Crippen molar-refractivity contribution in [1.29, 1.82) is 0 Å². The molecule has 0 spiro atoms. The molecular weight excluding hydrogens is 483 g/mol. The van der Waals surface area contributed by atoms with E-state index in [1.165, 1.54) is 12.1 Å². The lowest BCUT2D eigenvalue weighted by atomic mass is 10.1. The number of hydrogen-bond donors (Lipinski definition) is 2. The van der Waals surface area contributed by atoms with Crippen molar-refractivity contribution in [3.8, 4) is 11.3 Å². The van der Waals surface area contributed by atoms with Crippen LogP contribution in [-0.2, 0) is 19.5 Å². The van der Waals surface area contributed by atoms with E-state index in [0.29, 0.717) is 23.8 Å². The molecule has 0 radical (unpaired) electrons. The maximum atomic E-state index is 13.6. The number of fused-ring (bicyclic) bond motifs is 2. The Bertz CT molecular complexity index is 1530. The second-order valence-corrected chi connectivity index (χ2v) is 10.6. The molecule has 2 aliphatic heterocycles. The van der Waals surface area contributed by atoms with Gasteiger partial charge in [0, 0.05) is 11.8 Å². The number of nitrogens with one attached hydrogen (secondary N) is 2. The molecule has 0 saturated carbocycles. The second kappa shape index (κ2) is 9.21. The van der Waals surface area contributed by atoms with Gasteiger partial charge in [-0.15, -0.1) is 0 Å². The minimum absolute atomic E-state index is 0.185. The maximum absolute atomic E-state index is 13.6. The summed E-state index contributed by atoms with van der Waals surface area (Å²) in [6.45, 7) is 0.488. The predicted octanol–water partition coefficient (Wildman–Crippen LogP) is 3.36. The van der Waals surface area contributed by atoms with Crippen molar-refractivity contribution in [3.05, 3.63) is 84.8 Å². The van der Waals surface area contributed by atoms with Crippen LogP contribution in [-0.4, -0.2) is 55.9 Å². The van der Waals surface area contributed by atoms with Gasteiger partial charge in [-0.25, -0.2) is 27.5 Å². The lowest BCUT2D eigenvalue weighted by Crippen LogP contribution is -2.44. The van der Waals surface area contributed by atoms with Crippen LogP contribution in [0.25, 0.3) is 22.0 Å². The van der Waals surface area contributed by atoms with E-state index in [0.717, 1.165) is 10.8 Å². The van der Waals surface area contributed by atoms with E-state index < -0.39 is 22.2 Å². The van der Waals surface area contributed by atoms with Gasteiger partial charge in [0.05, 0.1) is 35.9 Å². The summed E-state index contributed by atoms with van der Waals surface area (Å²) in [7, 11) is -3.78. The van der Waals surface area contributed by atoms with Crippen LogP contribution in [0.1, 0.15) is 0 Å². The quantitative estimate of drug-likeness (QED) is 0.413. The highest BCUT2D eigenvalue weighted by Crippen LogP contribution is 2.30. The van der Waals surface area contributed by atoms with Crippen LogP contribution in [0.5, 0.6) is 0 Å². The summed E-state index contributed by atoms with van der Waals surface area (Å²) >= 11 is 0. The van der Waals surface area contributed by atoms with Crippen molar-refractivity contribution in [2.75, 3.05) is 18.5 Å². The van der Waals surface area contributed by atoms with Crippen molar-refractivity contribution in [2.45, 2.75) is 29.2 Å². The third-order valence-electron chi connectivity index (χ3n) is 6.48. The molecule has 2 N–H and O–H groups in total. The molecule has 4 atom stereocenters. The first-order chi connectivity index (χ1) is 17.5. The fourth-order valence-corrected chi connectivity index (χ4v) is 5.99. The van der Waals surface area contributed by atoms with Gasteiger partial charge in [0.15, 0.2) is 0 Å². The number of hydrogen-bond acceptors (Lipinski definition) is 7. The Morgan fingerprint density at radius 3 is 2.47 bits per heavy atom. The fourth-order valence-electron chi connectivity index (χ4n) is 4.73. The average Bonchev–Trinajstić information content (AvgIpc) is 3.47. The summed E-state index contributed by atoms with van der Waals surface area (Å²) in [5, 5.41) is 5.05. The zero-order valence-corrected chi connectivity index (χ0v) is 19.9. The van der Waals surface area contributed by atoms with Crippen LogP contribution in [0, 0.1) is 5.82 Å². The molecular formula is C26H23FN4O4S. The molecule has 3 heterocycles. The van der Waals surface area contributed by atoms with Gasteiger partial charge in [0.2, 0.25) is 16.0 Å². The van der Waals surface area contributed by atoms with Crippen LogP contribution in [0.4, 0.5) is 10.3 Å². The molecule has 8 nitrogen and oxygen atoms in total. The normalized spacial score (nSPS) is 23.6. The van der Waals surface area contributed by atoms with Crippen molar-refractivity contribution in [1.82, 2.24) is 14.7 Å². The van der Waals surface area contributed by atoms with E-state index in [2.05, 4.69) is 20.0 Å². The van der Waals surface area contributed by atoms with Crippen molar-refractivity contribution < 1.29 is 22.3 Å². The first kappa shape index (κ1) is 23.0. The van der Waals surface area contributed by atoms with Gasteiger partial charge in [-0.05, 0) is 41.1 Å². The van der Waals surface area contributed by atoms with Gasteiger partial charge in [0.1, 0.15) is 18.0 Å². The highest BCUT2D eigenvalue weighted by molar-refractivity contribution is 7.89. The summed E-state index contributed by atoms with van der Waals surface area (Å²) in [5.41, 5.74) is 1.22. The highest BCUT2D eigenvalue weighted by Gasteiger charge is 2.49. The molecule has 0 bridgehead atoms. The Balaban J connectivity index is 1.15. The van der Waals surface area contributed by atoms with E-state index in [1.54, 1.807) is 42.6 Å². The molecule has 0 amide bonds. The van der Waals surface area contributed by atoms with E-state index in [9.17, 15) is 12.8 Å². The number of halogens is 1. The highest BCUT2D eigenvalue weighted by atomic mass is 32.2. The molecule has 184 valence electrons. The Morgan fingerprint density at radius 2 is 1.64 bits per heavy atom. The van der Waals surface area contributed by atoms with Gasteiger partial charge in [-0.3, -0.25) is 0 Å². The maximum Gasteiger partial charge on any atom is 0.241 e. The fraction of sp³-hybridized carbons (Fsp3) is 0.231. The molecule has 0 aliphatic carbocycles. The zero-order valence-electron chi connectivity index (χ0n) is 19.0. The number of benzene rings is 3. The number of anilines is 1. The standard InChI is InChI=1S/C26H23FN4O4S/c27-19-7-3-6-18(12-19)21-10-11-28-26(29-21)30-22-14-34-25-23(15-35-24(22)25)31-36(32,33)20-9-8-16-4-1-2-5-17(16)13-20/h1-13,22-25,31H,14-15H2,(H,28,29,30)/t22-,23+,24-,25+/m0/s1. The van der Waals surface area contributed by atoms with Gasteiger partial charge in [-0.2, -0.15) is 0 Å². The molecule has 6 rings (SSSR count). The third-order valence-corrected chi connectivity index (χ3v) is 7.97. The van der Waals surface area contributed by atoms with Crippen molar-refractivity contribution in [3.63, 3.8) is 0 Å². The van der Waals surface area contributed by atoms with E-state index in [-0.39, 0.29) is 29.5 Å². The Morgan fingerprint density at radius 1 is 0.861 bits per heavy atom. The summed E-state index contributed by atoms with van der Waals surface area (Å²) in [5.74, 6) is 0.0130.